The van der Waals surface area contributed by atoms with Crippen molar-refractivity contribution in [1.29, 1.82) is 0 Å². The lowest BCUT2D eigenvalue weighted by molar-refractivity contribution is 0.0891. The number of carbonyl (C=O) groups excluding carboxylic acids is 2. The molecule has 1 atom stereocenters. The maximum absolute atomic E-state index is 13.1. The van der Waals surface area contributed by atoms with Crippen LogP contribution in [0.15, 0.2) is 34.9 Å². The van der Waals surface area contributed by atoms with E-state index in [4.69, 9.17) is 4.52 Å². The highest BCUT2D eigenvalue weighted by Crippen LogP contribution is 2.47. The van der Waals surface area contributed by atoms with Crippen molar-refractivity contribution >= 4 is 22.5 Å². The van der Waals surface area contributed by atoms with E-state index in [2.05, 4.69) is 29.6 Å². The number of fused-ring (bicyclic) bond motifs is 3. The molecule has 5 nitrogen and oxygen atoms in total. The monoisotopic (exact) mass is 432 g/mol. The van der Waals surface area contributed by atoms with Crippen LogP contribution in [0.2, 0.25) is 0 Å². The third-order valence-corrected chi connectivity index (χ3v) is 7.53. The van der Waals surface area contributed by atoms with E-state index in [9.17, 15) is 9.59 Å². The number of benzene rings is 1. The van der Waals surface area contributed by atoms with Crippen LogP contribution in [0.5, 0.6) is 0 Å². The van der Waals surface area contributed by atoms with Crippen molar-refractivity contribution < 1.29 is 14.1 Å². The number of aryl methyl sites for hydroxylation is 2. The summed E-state index contributed by atoms with van der Waals surface area (Å²) in [5.74, 6) is 1.37. The van der Waals surface area contributed by atoms with Gasteiger partial charge in [-0.3, -0.25) is 9.59 Å². The summed E-state index contributed by atoms with van der Waals surface area (Å²) in [5.41, 5.74) is 3.80. The molecule has 0 saturated heterocycles. The third kappa shape index (κ3) is 3.94. The summed E-state index contributed by atoms with van der Waals surface area (Å²) < 4.78 is 7.63. The molecule has 0 spiro atoms. The second-order valence-electron chi connectivity index (χ2n) is 9.94. The second kappa shape index (κ2) is 8.34. The van der Waals surface area contributed by atoms with Crippen LogP contribution in [0.4, 0.5) is 0 Å². The Hall–Kier alpha value is -2.69. The van der Waals surface area contributed by atoms with E-state index < -0.39 is 0 Å². The summed E-state index contributed by atoms with van der Waals surface area (Å²) >= 11 is 0. The number of rotatable bonds is 7. The molecule has 5 rings (SSSR count). The van der Waals surface area contributed by atoms with Crippen molar-refractivity contribution in [3.63, 3.8) is 0 Å². The minimum Gasteiger partial charge on any atom is -0.361 e. The van der Waals surface area contributed by atoms with Gasteiger partial charge in [0, 0.05) is 53.3 Å². The molecule has 0 bridgehead atoms. The van der Waals surface area contributed by atoms with Gasteiger partial charge in [0.1, 0.15) is 5.76 Å². The fourth-order valence-electron chi connectivity index (χ4n) is 4.99. The number of ketones is 2. The van der Waals surface area contributed by atoms with Crippen LogP contribution in [-0.4, -0.2) is 21.3 Å². The Kier molecular flexibility index (Phi) is 5.52. The maximum atomic E-state index is 13.1. The highest BCUT2D eigenvalue weighted by atomic mass is 16.5. The normalized spacial score (nSPS) is 20.1. The van der Waals surface area contributed by atoms with E-state index in [0.29, 0.717) is 6.42 Å². The van der Waals surface area contributed by atoms with Gasteiger partial charge in [0.2, 0.25) is 0 Å². The molecule has 0 radical (unpaired) electrons. The smallest absolute Gasteiger partial charge is 0.182 e. The molecule has 1 aromatic carbocycles. The Labute approximate surface area is 189 Å². The molecule has 3 heterocycles. The topological polar surface area (TPSA) is 65.1 Å². The molecular formula is C27H32N2O3. The number of nitrogens with zero attached hydrogens (tertiary/aromatic N) is 2. The first-order valence-corrected chi connectivity index (χ1v) is 12.2. The number of hydrogen-bond donors (Lipinski definition) is 0. The largest absolute Gasteiger partial charge is 0.361 e. The average Bonchev–Trinajstić information content (AvgIpc) is 3.21. The lowest BCUT2D eigenvalue weighted by atomic mass is 9.91. The number of Topliss-reactive ketones (excluding diaryl/α,β-unsaturated/α-hetero) is 2. The Balaban J connectivity index is 1.30. The van der Waals surface area contributed by atoms with Gasteiger partial charge < -0.3 is 9.09 Å². The van der Waals surface area contributed by atoms with Crippen molar-refractivity contribution in [3.05, 3.63) is 53.0 Å². The Morgan fingerprint density at radius 2 is 2.06 bits per heavy atom. The highest BCUT2D eigenvalue weighted by molar-refractivity contribution is 6.04. The van der Waals surface area contributed by atoms with Crippen molar-refractivity contribution in [2.45, 2.75) is 83.6 Å². The van der Waals surface area contributed by atoms with E-state index in [-0.39, 0.29) is 22.9 Å². The Bertz CT molecular complexity index is 1160. The predicted molar refractivity (Wildman–Crippen MR) is 124 cm³/mol. The predicted octanol–water partition coefficient (Wildman–Crippen LogP) is 6.28. The SMILES string of the molecule is CCC1CCCCn2c(cc3ccc(C(=O)CCCc4cc(C5(C)CC5)no4)cc32)C1=O. The van der Waals surface area contributed by atoms with Gasteiger partial charge in [0.15, 0.2) is 11.6 Å². The summed E-state index contributed by atoms with van der Waals surface area (Å²) in [6.45, 7) is 5.15. The van der Waals surface area contributed by atoms with Crippen LogP contribution in [0.3, 0.4) is 0 Å². The molecule has 32 heavy (non-hydrogen) atoms. The lowest BCUT2D eigenvalue weighted by Gasteiger charge is -2.19. The number of hydrogen-bond acceptors (Lipinski definition) is 4. The van der Waals surface area contributed by atoms with E-state index in [0.717, 1.165) is 78.7 Å². The van der Waals surface area contributed by atoms with E-state index in [1.807, 2.05) is 24.3 Å². The van der Waals surface area contributed by atoms with Crippen LogP contribution < -0.4 is 0 Å². The molecular weight excluding hydrogens is 400 g/mol. The average molecular weight is 433 g/mol. The van der Waals surface area contributed by atoms with Crippen LogP contribution in [0.25, 0.3) is 10.9 Å². The zero-order valence-corrected chi connectivity index (χ0v) is 19.2. The van der Waals surface area contributed by atoms with Crippen molar-refractivity contribution in [2.24, 2.45) is 5.92 Å². The summed E-state index contributed by atoms with van der Waals surface area (Å²) in [4.78, 5) is 26.0. The quantitative estimate of drug-likeness (QED) is 0.412. The number of carbonyl (C=O) groups is 2. The van der Waals surface area contributed by atoms with Crippen molar-refractivity contribution in [1.82, 2.24) is 9.72 Å². The highest BCUT2D eigenvalue weighted by Gasteiger charge is 2.41. The van der Waals surface area contributed by atoms with Gasteiger partial charge in [0.05, 0.1) is 11.4 Å². The van der Waals surface area contributed by atoms with Crippen LogP contribution in [-0.2, 0) is 18.4 Å². The Morgan fingerprint density at radius 3 is 2.84 bits per heavy atom. The molecule has 2 aliphatic rings. The van der Waals surface area contributed by atoms with Crippen molar-refractivity contribution in [2.75, 3.05) is 0 Å². The third-order valence-electron chi connectivity index (χ3n) is 7.53. The molecule has 3 aromatic rings. The lowest BCUT2D eigenvalue weighted by Crippen LogP contribution is -2.21. The molecule has 1 aliphatic heterocycles. The molecule has 2 aromatic heterocycles. The standard InChI is InChI=1S/C27H32N2O3/c1-3-18-7-4-5-14-29-22-16-20(11-10-19(22)15-23(29)26(18)31)24(30)9-6-8-21-17-25(28-32-21)27(2)12-13-27/h10-11,15-18H,3-9,12-14H2,1-2H3. The molecule has 1 unspecified atom stereocenters. The molecule has 5 heteroatoms. The molecule has 0 amide bonds. The van der Waals surface area contributed by atoms with Crippen LogP contribution in [0.1, 0.15) is 97.5 Å². The van der Waals surface area contributed by atoms with Gasteiger partial charge >= 0.3 is 0 Å². The van der Waals surface area contributed by atoms with Gasteiger partial charge in [-0.25, -0.2) is 0 Å². The Morgan fingerprint density at radius 1 is 1.22 bits per heavy atom. The maximum Gasteiger partial charge on any atom is 0.182 e. The van der Waals surface area contributed by atoms with E-state index in [1.165, 1.54) is 12.8 Å². The first-order chi connectivity index (χ1) is 15.5. The van der Waals surface area contributed by atoms with E-state index in [1.54, 1.807) is 0 Å². The van der Waals surface area contributed by atoms with Gasteiger partial charge in [-0.15, -0.1) is 0 Å². The van der Waals surface area contributed by atoms with Gasteiger partial charge in [-0.2, -0.15) is 0 Å². The minimum absolute atomic E-state index is 0.110. The fraction of sp³-hybridized carbons (Fsp3) is 0.519. The van der Waals surface area contributed by atoms with Crippen molar-refractivity contribution in [3.8, 4) is 0 Å². The molecule has 0 N–H and O–H groups in total. The first-order valence-electron chi connectivity index (χ1n) is 12.2. The fourth-order valence-corrected chi connectivity index (χ4v) is 4.99. The molecule has 1 saturated carbocycles. The molecule has 1 aliphatic carbocycles. The molecule has 1 fully saturated rings. The second-order valence-corrected chi connectivity index (χ2v) is 9.94. The van der Waals surface area contributed by atoms with Gasteiger partial charge in [0.25, 0.3) is 0 Å². The number of aromatic nitrogens is 2. The minimum atomic E-state index is 0.110. The van der Waals surface area contributed by atoms with Gasteiger partial charge in [-0.05, 0) is 50.7 Å². The van der Waals surface area contributed by atoms with Crippen LogP contribution >= 0.6 is 0 Å². The summed E-state index contributed by atoms with van der Waals surface area (Å²) in [7, 11) is 0. The zero-order valence-electron chi connectivity index (χ0n) is 19.2. The van der Waals surface area contributed by atoms with E-state index >= 15 is 0 Å². The summed E-state index contributed by atoms with van der Waals surface area (Å²) in [6, 6.07) is 9.95. The van der Waals surface area contributed by atoms with Crippen LogP contribution in [0, 0.1) is 5.92 Å². The first kappa shape index (κ1) is 21.2. The molecule has 168 valence electrons. The summed E-state index contributed by atoms with van der Waals surface area (Å²) in [5, 5.41) is 5.26. The van der Waals surface area contributed by atoms with Gasteiger partial charge in [-0.1, -0.05) is 37.6 Å². The summed E-state index contributed by atoms with van der Waals surface area (Å²) in [6.07, 6.45) is 8.30. The zero-order chi connectivity index (χ0) is 22.3.